The Morgan fingerprint density at radius 1 is 1.19 bits per heavy atom. The number of esters is 1. The van der Waals surface area contributed by atoms with Crippen molar-refractivity contribution in [2.75, 3.05) is 6.61 Å². The Kier molecular flexibility index (Phi) is 3.52. The molecule has 21 heavy (non-hydrogen) atoms. The monoisotopic (exact) mass is 323 g/mol. The normalized spacial score (nSPS) is 38.5. The van der Waals surface area contributed by atoms with Crippen LogP contribution in [0.4, 0.5) is 8.78 Å². The number of rotatable bonds is 4. The molecule has 0 saturated heterocycles. The Bertz CT molecular complexity index is 547. The Balaban J connectivity index is 1.59. The van der Waals surface area contributed by atoms with E-state index in [1.54, 1.807) is 0 Å². The van der Waals surface area contributed by atoms with Gasteiger partial charge in [-0.25, -0.2) is 13.2 Å². The van der Waals surface area contributed by atoms with E-state index in [0.717, 1.165) is 25.2 Å². The van der Waals surface area contributed by atoms with Crippen molar-refractivity contribution in [1.82, 2.24) is 0 Å². The maximum atomic E-state index is 13.0. The summed E-state index contributed by atoms with van der Waals surface area (Å²) >= 11 is 0. The molecular weight excluding hydrogens is 306 g/mol. The zero-order chi connectivity index (χ0) is 15.4. The van der Waals surface area contributed by atoms with Gasteiger partial charge in [0.05, 0.1) is 6.61 Å². The van der Waals surface area contributed by atoms with E-state index in [2.05, 4.69) is 4.74 Å². The molecule has 3 fully saturated rings. The van der Waals surface area contributed by atoms with E-state index in [4.69, 9.17) is 0 Å². The van der Waals surface area contributed by atoms with Crippen molar-refractivity contribution >= 4 is 16.1 Å². The van der Waals surface area contributed by atoms with E-state index in [1.807, 2.05) is 0 Å². The minimum Gasteiger partial charge on any atom is -0.743 e. The van der Waals surface area contributed by atoms with Crippen LogP contribution in [0.1, 0.15) is 32.1 Å². The third-order valence-corrected chi connectivity index (χ3v) is 6.34. The lowest BCUT2D eigenvalue weighted by Gasteiger charge is -2.31. The Labute approximate surface area is 121 Å². The number of hydrogen-bond acceptors (Lipinski definition) is 5. The molecule has 0 amide bonds. The molecule has 0 aromatic carbocycles. The lowest BCUT2D eigenvalue weighted by Crippen LogP contribution is -2.40. The first kappa shape index (κ1) is 15.1. The van der Waals surface area contributed by atoms with E-state index in [1.165, 1.54) is 12.8 Å². The number of ether oxygens (including phenoxy) is 1. The molecule has 5 nitrogen and oxygen atoms in total. The summed E-state index contributed by atoms with van der Waals surface area (Å²) in [5.74, 6) is 0.0519. The van der Waals surface area contributed by atoms with Crippen molar-refractivity contribution in [3.05, 3.63) is 0 Å². The van der Waals surface area contributed by atoms with Crippen molar-refractivity contribution in [2.24, 2.45) is 29.6 Å². The molecule has 3 saturated carbocycles. The summed E-state index contributed by atoms with van der Waals surface area (Å²) in [6.07, 6.45) is 5.45. The van der Waals surface area contributed by atoms with Gasteiger partial charge in [0, 0.05) is 0 Å². The van der Waals surface area contributed by atoms with Crippen LogP contribution < -0.4 is 0 Å². The number of fused-ring (bicyclic) bond motifs is 5. The second kappa shape index (κ2) is 4.87. The lowest BCUT2D eigenvalue weighted by molar-refractivity contribution is -0.163. The highest BCUT2D eigenvalue weighted by Crippen LogP contribution is 2.60. The van der Waals surface area contributed by atoms with Gasteiger partial charge in [0.1, 0.15) is 0 Å². The van der Waals surface area contributed by atoms with Crippen LogP contribution >= 0.6 is 0 Å². The Morgan fingerprint density at radius 2 is 1.86 bits per heavy atom. The lowest BCUT2D eigenvalue weighted by atomic mass is 9.76. The van der Waals surface area contributed by atoms with Gasteiger partial charge in [0.25, 0.3) is 0 Å². The molecule has 3 rings (SSSR count). The molecule has 0 aromatic rings. The summed E-state index contributed by atoms with van der Waals surface area (Å²) in [6, 6.07) is 0. The van der Waals surface area contributed by atoms with Gasteiger partial charge in [-0.05, 0) is 55.3 Å². The molecule has 0 radical (unpaired) electrons. The Hall–Kier alpha value is -0.760. The van der Waals surface area contributed by atoms with E-state index >= 15 is 0 Å². The number of carbonyl (C=O) groups is 1. The number of hydrogen-bond donors (Lipinski definition) is 0. The molecule has 120 valence electrons. The average Bonchev–Trinajstić information content (AvgIpc) is 3.05. The summed E-state index contributed by atoms with van der Waals surface area (Å²) in [6.45, 7) is -0.214. The molecule has 0 aliphatic heterocycles. The van der Waals surface area contributed by atoms with Crippen LogP contribution in [0, 0.1) is 29.6 Å². The van der Waals surface area contributed by atoms with Crippen LogP contribution in [-0.2, 0) is 19.6 Å². The van der Waals surface area contributed by atoms with E-state index in [9.17, 15) is 26.5 Å². The fourth-order valence-corrected chi connectivity index (χ4v) is 5.03. The highest BCUT2D eigenvalue weighted by Gasteiger charge is 2.54. The summed E-state index contributed by atoms with van der Waals surface area (Å²) in [4.78, 5) is 11.2. The zero-order valence-corrected chi connectivity index (χ0v) is 12.2. The van der Waals surface area contributed by atoms with Gasteiger partial charge in [0.2, 0.25) is 0 Å². The van der Waals surface area contributed by atoms with Gasteiger partial charge in [-0.2, -0.15) is 8.78 Å². The molecular formula is C13H17F2O5S-. The maximum absolute atomic E-state index is 13.0. The van der Waals surface area contributed by atoms with E-state index in [0.29, 0.717) is 17.8 Å². The highest BCUT2D eigenvalue weighted by molar-refractivity contribution is 7.87. The van der Waals surface area contributed by atoms with Crippen LogP contribution in [0.5, 0.6) is 0 Å². The van der Waals surface area contributed by atoms with E-state index < -0.39 is 21.3 Å². The molecule has 0 spiro atoms. The molecule has 3 aliphatic carbocycles. The Morgan fingerprint density at radius 3 is 2.52 bits per heavy atom. The first-order chi connectivity index (χ1) is 9.72. The summed E-state index contributed by atoms with van der Waals surface area (Å²) in [7, 11) is -6.03. The van der Waals surface area contributed by atoms with Crippen LogP contribution in [-0.4, -0.2) is 30.8 Å². The zero-order valence-electron chi connectivity index (χ0n) is 11.3. The maximum Gasteiger partial charge on any atom is 0.428 e. The van der Waals surface area contributed by atoms with Gasteiger partial charge < -0.3 is 9.29 Å². The van der Waals surface area contributed by atoms with Crippen molar-refractivity contribution in [3.63, 3.8) is 0 Å². The van der Waals surface area contributed by atoms with Crippen molar-refractivity contribution < 1.29 is 31.3 Å². The van der Waals surface area contributed by atoms with Gasteiger partial charge in [-0.15, -0.1) is 0 Å². The topological polar surface area (TPSA) is 83.5 Å². The SMILES string of the molecule is O=C(OCC1CC2CC1C1CCCC21)C(F)(F)S(=O)(=O)[O-]. The fourth-order valence-electron chi connectivity index (χ4n) is 4.77. The van der Waals surface area contributed by atoms with Gasteiger partial charge in [0.15, 0.2) is 10.1 Å². The number of alkyl halides is 2. The molecule has 5 unspecified atom stereocenters. The van der Waals surface area contributed by atoms with Crippen LogP contribution in [0.3, 0.4) is 0 Å². The summed E-state index contributed by atoms with van der Waals surface area (Å²) in [5.41, 5.74) is 0. The molecule has 0 N–H and O–H groups in total. The second-order valence-electron chi connectivity index (χ2n) is 6.48. The number of carbonyl (C=O) groups excluding carboxylic acids is 1. The van der Waals surface area contributed by atoms with Crippen LogP contribution in [0.25, 0.3) is 0 Å². The third kappa shape index (κ3) is 2.36. The number of halogens is 2. The minimum atomic E-state index is -6.03. The van der Waals surface area contributed by atoms with Crippen LogP contribution in [0.2, 0.25) is 0 Å². The second-order valence-corrected chi connectivity index (χ2v) is 7.90. The average molecular weight is 323 g/mol. The summed E-state index contributed by atoms with van der Waals surface area (Å²) in [5, 5.41) is -5.00. The quantitative estimate of drug-likeness (QED) is 0.581. The molecule has 2 bridgehead atoms. The molecule has 3 aliphatic rings. The van der Waals surface area contributed by atoms with Crippen molar-refractivity contribution in [2.45, 2.75) is 37.4 Å². The first-order valence-electron chi connectivity index (χ1n) is 7.22. The largest absolute Gasteiger partial charge is 0.743 e. The third-order valence-electron chi connectivity index (χ3n) is 5.55. The highest BCUT2D eigenvalue weighted by atomic mass is 32.2. The first-order valence-corrected chi connectivity index (χ1v) is 8.63. The predicted molar refractivity (Wildman–Crippen MR) is 66.1 cm³/mol. The molecule has 5 atom stereocenters. The smallest absolute Gasteiger partial charge is 0.428 e. The molecule has 0 heterocycles. The van der Waals surface area contributed by atoms with E-state index in [-0.39, 0.29) is 12.5 Å². The van der Waals surface area contributed by atoms with Gasteiger partial charge >= 0.3 is 11.2 Å². The van der Waals surface area contributed by atoms with Gasteiger partial charge in [-0.3, -0.25) is 0 Å². The van der Waals surface area contributed by atoms with Crippen LogP contribution in [0.15, 0.2) is 0 Å². The predicted octanol–water partition coefficient (Wildman–Crippen LogP) is 1.74. The standard InChI is InChI=1S/C13H18F2O5S/c14-13(15,21(17,18)19)12(16)20-6-8-4-7-5-11(8)10-3-1-2-9(7)10/h7-11H,1-6H2,(H,17,18,19)/p-1. The molecule has 8 heteroatoms. The van der Waals surface area contributed by atoms with Gasteiger partial charge in [-0.1, -0.05) is 6.42 Å². The van der Waals surface area contributed by atoms with Crippen molar-refractivity contribution in [1.29, 1.82) is 0 Å². The minimum absolute atomic E-state index is 0.0171. The fraction of sp³-hybridized carbons (Fsp3) is 0.923. The summed E-state index contributed by atoms with van der Waals surface area (Å²) < 4.78 is 61.6. The molecule has 0 aromatic heterocycles. The van der Waals surface area contributed by atoms with Crippen molar-refractivity contribution in [3.8, 4) is 0 Å².